The first-order valence-corrected chi connectivity index (χ1v) is 8.22. The van der Waals surface area contributed by atoms with Gasteiger partial charge in [0.1, 0.15) is 0 Å². The topological polar surface area (TPSA) is 12.0 Å². The van der Waals surface area contributed by atoms with Gasteiger partial charge in [-0.3, -0.25) is 0 Å². The maximum atomic E-state index is 6.38. The minimum atomic E-state index is 0.150. The molecule has 1 unspecified atom stereocenters. The number of hydrogen-bond donors (Lipinski definition) is 1. The minimum absolute atomic E-state index is 0.150. The van der Waals surface area contributed by atoms with Crippen LogP contribution >= 0.6 is 45.9 Å². The summed E-state index contributed by atoms with van der Waals surface area (Å²) in [5, 5.41) is 6.46. The molecule has 18 heavy (non-hydrogen) atoms. The Labute approximate surface area is 126 Å². The Kier molecular flexibility index (Phi) is 4.73. The highest BCUT2D eigenvalue weighted by molar-refractivity contribution is 7.16. The average Bonchev–Trinajstić information content (AvgIpc) is 2.82. The van der Waals surface area contributed by atoms with Gasteiger partial charge in [-0.15, -0.1) is 22.7 Å². The van der Waals surface area contributed by atoms with Crippen molar-refractivity contribution in [2.45, 2.75) is 26.8 Å². The molecule has 0 aliphatic heterocycles. The summed E-state index contributed by atoms with van der Waals surface area (Å²) in [6, 6.07) is 2.29. The molecule has 2 aromatic rings. The van der Waals surface area contributed by atoms with E-state index in [1.165, 1.54) is 9.75 Å². The Hall–Kier alpha value is -0.0600. The molecule has 0 aliphatic rings. The molecule has 98 valence electrons. The summed E-state index contributed by atoms with van der Waals surface area (Å²) in [5.74, 6) is 0. The van der Waals surface area contributed by atoms with Crippen LogP contribution in [0.5, 0.6) is 0 Å². The first-order valence-electron chi connectivity index (χ1n) is 5.77. The predicted octanol–water partition coefficient (Wildman–Crippen LogP) is 5.43. The van der Waals surface area contributed by atoms with Crippen molar-refractivity contribution in [3.8, 4) is 0 Å². The molecule has 5 heteroatoms. The van der Waals surface area contributed by atoms with Crippen molar-refractivity contribution in [3.05, 3.63) is 41.7 Å². The molecule has 2 rings (SSSR count). The van der Waals surface area contributed by atoms with E-state index in [1.807, 2.05) is 13.8 Å². The second-order valence-corrected chi connectivity index (χ2v) is 7.17. The maximum absolute atomic E-state index is 6.38. The van der Waals surface area contributed by atoms with Crippen molar-refractivity contribution in [2.75, 3.05) is 6.54 Å². The van der Waals surface area contributed by atoms with Crippen LogP contribution in [-0.2, 0) is 0 Å². The van der Waals surface area contributed by atoms with Gasteiger partial charge in [-0.2, -0.15) is 0 Å². The van der Waals surface area contributed by atoms with E-state index >= 15 is 0 Å². The number of halogens is 2. The van der Waals surface area contributed by atoms with Crippen LogP contribution in [0.4, 0.5) is 0 Å². The Bertz CT molecular complexity index is 526. The van der Waals surface area contributed by atoms with Crippen molar-refractivity contribution in [2.24, 2.45) is 0 Å². The van der Waals surface area contributed by atoms with Gasteiger partial charge < -0.3 is 5.32 Å². The molecule has 1 N–H and O–H groups in total. The van der Waals surface area contributed by atoms with Crippen molar-refractivity contribution in [3.63, 3.8) is 0 Å². The van der Waals surface area contributed by atoms with Gasteiger partial charge in [-0.25, -0.2) is 0 Å². The van der Waals surface area contributed by atoms with Crippen LogP contribution in [0.2, 0.25) is 9.36 Å². The average molecular weight is 320 g/mol. The normalized spacial score (nSPS) is 12.9. The first-order chi connectivity index (χ1) is 8.54. The van der Waals surface area contributed by atoms with Gasteiger partial charge in [0.05, 0.1) is 15.4 Å². The van der Waals surface area contributed by atoms with Gasteiger partial charge in [0, 0.05) is 9.75 Å². The Morgan fingerprint density at radius 2 is 2.00 bits per heavy atom. The molecule has 2 heterocycles. The smallest absolute Gasteiger partial charge is 0.0961 e. The lowest BCUT2D eigenvalue weighted by Crippen LogP contribution is -2.20. The first kappa shape index (κ1) is 14.4. The fourth-order valence-electron chi connectivity index (χ4n) is 1.80. The molecule has 0 radical (unpaired) electrons. The third-order valence-corrected chi connectivity index (χ3v) is 6.16. The second-order valence-electron chi connectivity index (χ2n) is 4.19. The summed E-state index contributed by atoms with van der Waals surface area (Å²) in [5.41, 5.74) is 2.27. The highest BCUT2D eigenvalue weighted by Gasteiger charge is 2.21. The summed E-state index contributed by atoms with van der Waals surface area (Å²) in [7, 11) is 0. The van der Waals surface area contributed by atoms with Gasteiger partial charge in [0.25, 0.3) is 0 Å². The zero-order chi connectivity index (χ0) is 13.3. The molecule has 0 amide bonds. The van der Waals surface area contributed by atoms with E-state index in [1.54, 1.807) is 22.7 Å². The second kappa shape index (κ2) is 5.93. The molecule has 2 aromatic heterocycles. The van der Waals surface area contributed by atoms with Crippen LogP contribution in [-0.4, -0.2) is 6.54 Å². The molecule has 0 saturated carbocycles. The Morgan fingerprint density at radius 3 is 2.44 bits per heavy atom. The third-order valence-electron chi connectivity index (χ3n) is 2.76. The fourth-order valence-corrected chi connectivity index (χ4v) is 4.57. The van der Waals surface area contributed by atoms with E-state index in [9.17, 15) is 0 Å². The quantitative estimate of drug-likeness (QED) is 0.792. The molecule has 0 aromatic carbocycles. The number of thiophene rings is 2. The minimum Gasteiger partial charge on any atom is -0.305 e. The van der Waals surface area contributed by atoms with Gasteiger partial charge in [0.2, 0.25) is 0 Å². The Morgan fingerprint density at radius 1 is 1.28 bits per heavy atom. The predicted molar refractivity (Wildman–Crippen MR) is 83.7 cm³/mol. The zero-order valence-electron chi connectivity index (χ0n) is 10.5. The van der Waals surface area contributed by atoms with Gasteiger partial charge in [-0.05, 0) is 43.0 Å². The number of nitrogens with one attached hydrogen (secondary N) is 1. The highest BCUT2D eigenvalue weighted by Crippen LogP contribution is 2.40. The number of aryl methyl sites for hydroxylation is 2. The lowest BCUT2D eigenvalue weighted by Gasteiger charge is -2.15. The largest absolute Gasteiger partial charge is 0.305 e. The van der Waals surface area contributed by atoms with E-state index in [-0.39, 0.29) is 6.04 Å². The molecule has 0 fully saturated rings. The molecule has 0 aliphatic carbocycles. The molecule has 1 atom stereocenters. The van der Waals surface area contributed by atoms with Crippen molar-refractivity contribution < 1.29 is 0 Å². The van der Waals surface area contributed by atoms with Crippen LogP contribution < -0.4 is 5.32 Å². The molecular formula is C13H15Cl2NS2. The molecule has 0 bridgehead atoms. The third kappa shape index (κ3) is 2.75. The van der Waals surface area contributed by atoms with Crippen LogP contribution in [0.15, 0.2) is 11.4 Å². The van der Waals surface area contributed by atoms with Crippen LogP contribution in [0.1, 0.15) is 33.8 Å². The molecule has 0 saturated heterocycles. The van der Waals surface area contributed by atoms with Gasteiger partial charge >= 0.3 is 0 Å². The monoisotopic (exact) mass is 319 g/mol. The summed E-state index contributed by atoms with van der Waals surface area (Å²) in [4.78, 5) is 2.40. The van der Waals surface area contributed by atoms with Crippen LogP contribution in [0.25, 0.3) is 0 Å². The van der Waals surface area contributed by atoms with E-state index < -0.39 is 0 Å². The zero-order valence-corrected chi connectivity index (χ0v) is 13.7. The fraction of sp³-hybridized carbons (Fsp3) is 0.385. The number of hydrogen-bond acceptors (Lipinski definition) is 3. The lowest BCUT2D eigenvalue weighted by molar-refractivity contribution is 0.648. The highest BCUT2D eigenvalue weighted by atomic mass is 35.5. The molecular weight excluding hydrogens is 305 g/mol. The standard InChI is InChI=1S/C13H15Cl2NS2/c1-4-16-11(9-5-7(2)13(15)18-9)12-10(14)8(3)6-17-12/h5-6,11,16H,4H2,1-3H3. The van der Waals surface area contributed by atoms with E-state index in [4.69, 9.17) is 23.2 Å². The van der Waals surface area contributed by atoms with Crippen LogP contribution in [0.3, 0.4) is 0 Å². The maximum Gasteiger partial charge on any atom is 0.0961 e. The van der Waals surface area contributed by atoms with Crippen LogP contribution in [0, 0.1) is 13.8 Å². The van der Waals surface area contributed by atoms with E-state index in [0.717, 1.165) is 27.0 Å². The van der Waals surface area contributed by atoms with Crippen molar-refractivity contribution >= 4 is 45.9 Å². The summed E-state index contributed by atoms with van der Waals surface area (Å²) < 4.78 is 0.859. The van der Waals surface area contributed by atoms with Crippen molar-refractivity contribution in [1.29, 1.82) is 0 Å². The summed E-state index contributed by atoms with van der Waals surface area (Å²) >= 11 is 15.9. The Balaban J connectivity index is 2.42. The summed E-state index contributed by atoms with van der Waals surface area (Å²) in [6.45, 7) is 7.07. The van der Waals surface area contributed by atoms with Crippen molar-refractivity contribution in [1.82, 2.24) is 5.32 Å². The SMILES string of the molecule is CCNC(c1cc(C)c(Cl)s1)c1scc(C)c1Cl. The number of rotatable bonds is 4. The lowest BCUT2D eigenvalue weighted by atomic mass is 10.1. The summed E-state index contributed by atoms with van der Waals surface area (Å²) in [6.07, 6.45) is 0. The van der Waals surface area contributed by atoms with Gasteiger partial charge in [0.15, 0.2) is 0 Å². The molecule has 1 nitrogen and oxygen atoms in total. The van der Waals surface area contributed by atoms with E-state index in [2.05, 4.69) is 23.7 Å². The molecule has 0 spiro atoms. The van der Waals surface area contributed by atoms with Gasteiger partial charge in [-0.1, -0.05) is 30.1 Å². The van der Waals surface area contributed by atoms with E-state index in [0.29, 0.717) is 0 Å².